The number of hydrogen-bond acceptors (Lipinski definition) is 5. The number of likely N-dealkylation sites (tertiary alicyclic amines) is 1. The molecule has 0 spiro atoms. The maximum absolute atomic E-state index is 13.1. The second-order valence-electron chi connectivity index (χ2n) is 10.2. The summed E-state index contributed by atoms with van der Waals surface area (Å²) in [5.74, 6) is 0. The van der Waals surface area contributed by atoms with E-state index in [-0.39, 0.29) is 12.1 Å². The molecule has 7 heteroatoms. The van der Waals surface area contributed by atoms with Crippen LogP contribution in [0, 0.1) is 0 Å². The van der Waals surface area contributed by atoms with Crippen LogP contribution in [0.1, 0.15) is 36.5 Å². The molecule has 2 aliphatic heterocycles. The molecule has 2 fully saturated rings. The number of rotatable bonds is 10. The zero-order valence-electron chi connectivity index (χ0n) is 22.5. The predicted molar refractivity (Wildman–Crippen MR) is 149 cm³/mol. The van der Waals surface area contributed by atoms with Gasteiger partial charge in [-0.1, -0.05) is 91.0 Å². The van der Waals surface area contributed by atoms with E-state index in [1.54, 1.807) is 0 Å². The van der Waals surface area contributed by atoms with Gasteiger partial charge in [-0.25, -0.2) is 4.79 Å². The van der Waals surface area contributed by atoms with Crippen LogP contribution in [0.15, 0.2) is 91.0 Å². The van der Waals surface area contributed by atoms with E-state index in [0.29, 0.717) is 19.8 Å². The summed E-state index contributed by atoms with van der Waals surface area (Å²) >= 11 is 0. The Morgan fingerprint density at radius 3 is 1.64 bits per heavy atom. The minimum atomic E-state index is -0.686. The first-order chi connectivity index (χ1) is 19.2. The maximum atomic E-state index is 13.1. The zero-order chi connectivity index (χ0) is 26.9. The van der Waals surface area contributed by atoms with Crippen LogP contribution < -0.4 is 5.32 Å². The molecule has 5 atom stereocenters. The van der Waals surface area contributed by atoms with Crippen LogP contribution >= 0.6 is 0 Å². The van der Waals surface area contributed by atoms with Gasteiger partial charge < -0.3 is 29.2 Å². The Labute approximate surface area is 231 Å². The molecule has 0 saturated carbocycles. The minimum Gasteiger partial charge on any atom is -0.368 e. The third-order valence-electron chi connectivity index (χ3n) is 7.28. The molecule has 2 aliphatic rings. The van der Waals surface area contributed by atoms with Crippen molar-refractivity contribution in [1.29, 1.82) is 0 Å². The van der Waals surface area contributed by atoms with Crippen LogP contribution in [-0.2, 0) is 38.8 Å². The van der Waals surface area contributed by atoms with E-state index in [0.717, 1.165) is 42.6 Å². The molecular formula is C32H38N2O5. The molecule has 7 nitrogen and oxygen atoms in total. The third kappa shape index (κ3) is 7.46. The number of nitrogens with one attached hydrogen (secondary N) is 1. The summed E-state index contributed by atoms with van der Waals surface area (Å²) < 4.78 is 26.0. The smallest absolute Gasteiger partial charge is 0.319 e. The standard InChI is InChI=1S/C32H38N2O5/c1-24-28(36-21-25-13-5-2-6-14-25)29(37-22-26-15-7-3-8-16-26)30(38-23-27-17-9-4-10-18-27)31(39-24)33-32(35)34-19-11-12-20-34/h2-10,13-18,24,28-31H,11-12,19-23H2,1H3,(H,33,35)/t24-,28-,29+,30-,31+/m1/s1. The summed E-state index contributed by atoms with van der Waals surface area (Å²) in [6.07, 6.45) is -0.468. The van der Waals surface area contributed by atoms with Gasteiger partial charge in [0, 0.05) is 13.1 Å². The van der Waals surface area contributed by atoms with Gasteiger partial charge in [-0.05, 0) is 36.5 Å². The fraction of sp³-hybridized carbons (Fsp3) is 0.406. The lowest BCUT2D eigenvalue weighted by Gasteiger charge is -2.45. The Kier molecular flexibility index (Phi) is 9.61. The number of nitrogens with zero attached hydrogens (tertiary/aromatic N) is 1. The highest BCUT2D eigenvalue weighted by atomic mass is 16.6. The number of amides is 2. The summed E-state index contributed by atoms with van der Waals surface area (Å²) in [4.78, 5) is 15.0. The lowest BCUT2D eigenvalue weighted by molar-refractivity contribution is -0.265. The van der Waals surface area contributed by atoms with Crippen molar-refractivity contribution in [3.05, 3.63) is 108 Å². The molecule has 2 amide bonds. The van der Waals surface area contributed by atoms with Crippen LogP contribution in [0.3, 0.4) is 0 Å². The van der Waals surface area contributed by atoms with E-state index < -0.39 is 24.5 Å². The molecule has 1 N–H and O–H groups in total. The normalized spacial score (nSPS) is 24.9. The monoisotopic (exact) mass is 530 g/mol. The Morgan fingerprint density at radius 1 is 0.718 bits per heavy atom. The van der Waals surface area contributed by atoms with Crippen molar-refractivity contribution in [2.24, 2.45) is 0 Å². The Morgan fingerprint density at radius 2 is 1.15 bits per heavy atom. The molecule has 0 aromatic heterocycles. The zero-order valence-corrected chi connectivity index (χ0v) is 22.5. The van der Waals surface area contributed by atoms with Crippen molar-refractivity contribution in [2.45, 2.75) is 70.2 Å². The van der Waals surface area contributed by atoms with E-state index in [4.69, 9.17) is 18.9 Å². The van der Waals surface area contributed by atoms with Crippen LogP contribution in [-0.4, -0.2) is 54.7 Å². The first kappa shape index (κ1) is 27.3. The maximum Gasteiger partial charge on any atom is 0.319 e. The van der Waals surface area contributed by atoms with Gasteiger partial charge in [0.25, 0.3) is 0 Å². The van der Waals surface area contributed by atoms with Crippen molar-refractivity contribution in [3.8, 4) is 0 Å². The summed E-state index contributed by atoms with van der Waals surface area (Å²) in [7, 11) is 0. The molecule has 0 radical (unpaired) electrons. The van der Waals surface area contributed by atoms with Crippen molar-refractivity contribution < 1.29 is 23.7 Å². The second-order valence-corrected chi connectivity index (χ2v) is 10.2. The molecule has 2 heterocycles. The van der Waals surface area contributed by atoms with Crippen LogP contribution in [0.25, 0.3) is 0 Å². The molecule has 5 rings (SSSR count). The van der Waals surface area contributed by atoms with E-state index in [1.807, 2.05) is 103 Å². The van der Waals surface area contributed by atoms with Gasteiger partial charge >= 0.3 is 6.03 Å². The first-order valence-electron chi connectivity index (χ1n) is 13.8. The van der Waals surface area contributed by atoms with Crippen molar-refractivity contribution in [2.75, 3.05) is 13.1 Å². The fourth-order valence-corrected chi connectivity index (χ4v) is 5.16. The average Bonchev–Trinajstić information content (AvgIpc) is 3.52. The highest BCUT2D eigenvalue weighted by Gasteiger charge is 2.47. The number of urea groups is 1. The summed E-state index contributed by atoms with van der Waals surface area (Å²) in [5, 5.41) is 3.10. The number of hydrogen-bond donors (Lipinski definition) is 1. The number of carbonyl (C=O) groups is 1. The van der Waals surface area contributed by atoms with E-state index in [9.17, 15) is 4.79 Å². The van der Waals surface area contributed by atoms with Gasteiger partial charge in [0.1, 0.15) is 18.3 Å². The highest BCUT2D eigenvalue weighted by Crippen LogP contribution is 2.30. The number of benzene rings is 3. The number of carbonyl (C=O) groups excluding carboxylic acids is 1. The molecule has 3 aromatic rings. The summed E-state index contributed by atoms with van der Waals surface area (Å²) in [6.45, 7) is 4.63. The molecule has 0 unspecified atom stereocenters. The van der Waals surface area contributed by atoms with Gasteiger partial charge in [0.05, 0.1) is 25.9 Å². The first-order valence-corrected chi connectivity index (χ1v) is 13.8. The molecule has 39 heavy (non-hydrogen) atoms. The molecule has 206 valence electrons. The lowest BCUT2D eigenvalue weighted by Crippen LogP contribution is -2.64. The van der Waals surface area contributed by atoms with Gasteiger partial charge in [-0.15, -0.1) is 0 Å². The van der Waals surface area contributed by atoms with Crippen LogP contribution in [0.2, 0.25) is 0 Å². The van der Waals surface area contributed by atoms with Crippen molar-refractivity contribution >= 4 is 6.03 Å². The molecular weight excluding hydrogens is 492 g/mol. The van der Waals surface area contributed by atoms with E-state index in [1.165, 1.54) is 0 Å². The Bertz CT molecular complexity index is 1140. The average molecular weight is 531 g/mol. The lowest BCUT2D eigenvalue weighted by atomic mass is 9.97. The predicted octanol–water partition coefficient (Wildman–Crippen LogP) is 5.29. The highest BCUT2D eigenvalue weighted by molar-refractivity contribution is 5.74. The van der Waals surface area contributed by atoms with E-state index in [2.05, 4.69) is 5.32 Å². The Hall–Kier alpha value is -3.23. The summed E-state index contributed by atoms with van der Waals surface area (Å²) in [6, 6.07) is 30.0. The third-order valence-corrected chi connectivity index (χ3v) is 7.28. The van der Waals surface area contributed by atoms with Crippen molar-refractivity contribution in [1.82, 2.24) is 10.2 Å². The van der Waals surface area contributed by atoms with Gasteiger partial charge in [0.15, 0.2) is 6.23 Å². The van der Waals surface area contributed by atoms with Gasteiger partial charge in [-0.2, -0.15) is 0 Å². The van der Waals surface area contributed by atoms with Crippen LogP contribution in [0.5, 0.6) is 0 Å². The Balaban J connectivity index is 1.39. The van der Waals surface area contributed by atoms with E-state index >= 15 is 0 Å². The minimum absolute atomic E-state index is 0.136. The molecule has 0 aliphatic carbocycles. The van der Waals surface area contributed by atoms with Crippen molar-refractivity contribution in [3.63, 3.8) is 0 Å². The largest absolute Gasteiger partial charge is 0.368 e. The molecule has 3 aromatic carbocycles. The van der Waals surface area contributed by atoms with Gasteiger partial charge in [-0.3, -0.25) is 0 Å². The number of ether oxygens (including phenoxy) is 4. The van der Waals surface area contributed by atoms with Gasteiger partial charge in [0.2, 0.25) is 0 Å². The van der Waals surface area contributed by atoms with Crippen LogP contribution in [0.4, 0.5) is 4.79 Å². The summed E-state index contributed by atoms with van der Waals surface area (Å²) in [5.41, 5.74) is 3.15. The SMILES string of the molecule is C[C@H]1O[C@H](NC(=O)N2CCCC2)[C@H](OCc2ccccc2)[C@@H](OCc2ccccc2)[C@@H]1OCc1ccccc1. The molecule has 0 bridgehead atoms. The fourth-order valence-electron chi connectivity index (χ4n) is 5.16. The second kappa shape index (κ2) is 13.7. The topological polar surface area (TPSA) is 69.3 Å². The molecule has 2 saturated heterocycles. The quantitative estimate of drug-likeness (QED) is 0.386.